The summed E-state index contributed by atoms with van der Waals surface area (Å²) in [5.41, 5.74) is 4.18. The van der Waals surface area contributed by atoms with Gasteiger partial charge in [0.2, 0.25) is 0 Å². The Balaban J connectivity index is 1.44. The van der Waals surface area contributed by atoms with Crippen LogP contribution in [0.3, 0.4) is 0 Å². The number of nitrogens with zero attached hydrogens (tertiary/aromatic N) is 3. The predicted octanol–water partition coefficient (Wildman–Crippen LogP) is 4.61. The molecule has 174 valence electrons. The molecule has 2 aromatic carbocycles. The molecule has 1 fully saturated rings. The number of benzene rings is 2. The van der Waals surface area contributed by atoms with E-state index >= 15 is 0 Å². The summed E-state index contributed by atoms with van der Waals surface area (Å²) >= 11 is 0. The molecule has 6 heteroatoms. The molecule has 0 aliphatic carbocycles. The number of fused-ring (bicyclic) bond motifs is 1. The van der Waals surface area contributed by atoms with E-state index in [-0.39, 0.29) is 5.91 Å². The number of pyridine rings is 1. The molecule has 4 aromatic rings. The SMILES string of the molecule is CC(C)(O)Cn1ccc(-c2ccc(-c3cncc4ccc(C(=O)N5CCOCC5)cc34)cc2)c1. The minimum atomic E-state index is -0.760. The van der Waals surface area contributed by atoms with Gasteiger partial charge in [0.05, 0.1) is 25.4 Å². The highest BCUT2D eigenvalue weighted by Crippen LogP contribution is 2.31. The van der Waals surface area contributed by atoms with Crippen molar-refractivity contribution in [2.24, 2.45) is 0 Å². The van der Waals surface area contributed by atoms with E-state index in [1.165, 1.54) is 0 Å². The molecular weight excluding hydrogens is 426 g/mol. The van der Waals surface area contributed by atoms with Crippen LogP contribution < -0.4 is 0 Å². The Kier molecular flexibility index (Phi) is 5.94. The summed E-state index contributed by atoms with van der Waals surface area (Å²) in [6, 6.07) is 16.3. The Morgan fingerprint density at radius 2 is 1.74 bits per heavy atom. The second-order valence-electron chi connectivity index (χ2n) is 9.49. The molecule has 34 heavy (non-hydrogen) atoms. The van der Waals surface area contributed by atoms with Crippen LogP contribution in [0.15, 0.2) is 73.3 Å². The van der Waals surface area contributed by atoms with Crippen molar-refractivity contribution >= 4 is 16.7 Å². The molecule has 0 atom stereocenters. The molecule has 2 aromatic heterocycles. The summed E-state index contributed by atoms with van der Waals surface area (Å²) in [6.07, 6.45) is 7.74. The highest BCUT2D eigenvalue weighted by atomic mass is 16.5. The Morgan fingerprint density at radius 3 is 2.47 bits per heavy atom. The van der Waals surface area contributed by atoms with Crippen LogP contribution in [-0.2, 0) is 11.3 Å². The molecule has 0 radical (unpaired) electrons. The Morgan fingerprint density at radius 1 is 1.00 bits per heavy atom. The van der Waals surface area contributed by atoms with Crippen molar-refractivity contribution in [1.82, 2.24) is 14.5 Å². The maximum Gasteiger partial charge on any atom is 0.254 e. The Hall–Kier alpha value is -3.48. The Labute approximate surface area is 199 Å². The van der Waals surface area contributed by atoms with Gasteiger partial charge in [-0.05, 0) is 54.1 Å². The van der Waals surface area contributed by atoms with Crippen LogP contribution in [0.1, 0.15) is 24.2 Å². The number of rotatable bonds is 5. The minimum Gasteiger partial charge on any atom is -0.389 e. The normalized spacial score (nSPS) is 14.5. The van der Waals surface area contributed by atoms with Crippen molar-refractivity contribution in [3.8, 4) is 22.3 Å². The van der Waals surface area contributed by atoms with Gasteiger partial charge < -0.3 is 19.3 Å². The van der Waals surface area contributed by atoms with Crippen LogP contribution in [0.5, 0.6) is 0 Å². The largest absolute Gasteiger partial charge is 0.389 e. The van der Waals surface area contributed by atoms with Crippen molar-refractivity contribution in [2.45, 2.75) is 26.0 Å². The third-order valence-electron chi connectivity index (χ3n) is 6.16. The molecule has 5 rings (SSSR count). The van der Waals surface area contributed by atoms with E-state index in [1.54, 1.807) is 13.8 Å². The number of aromatic nitrogens is 2. The molecule has 0 unspecified atom stereocenters. The van der Waals surface area contributed by atoms with Crippen LogP contribution in [0, 0.1) is 0 Å². The monoisotopic (exact) mass is 455 g/mol. The lowest BCUT2D eigenvalue weighted by Crippen LogP contribution is -2.40. The second-order valence-corrected chi connectivity index (χ2v) is 9.49. The average molecular weight is 456 g/mol. The summed E-state index contributed by atoms with van der Waals surface area (Å²) in [5.74, 6) is 0.0406. The summed E-state index contributed by atoms with van der Waals surface area (Å²) in [6.45, 7) is 6.57. The van der Waals surface area contributed by atoms with Gasteiger partial charge in [-0.15, -0.1) is 0 Å². The van der Waals surface area contributed by atoms with Gasteiger partial charge in [-0.25, -0.2) is 0 Å². The van der Waals surface area contributed by atoms with Gasteiger partial charge in [-0.3, -0.25) is 9.78 Å². The second kappa shape index (κ2) is 9.05. The van der Waals surface area contributed by atoms with Crippen LogP contribution >= 0.6 is 0 Å². The van der Waals surface area contributed by atoms with Gasteiger partial charge in [-0.1, -0.05) is 30.3 Å². The zero-order valence-electron chi connectivity index (χ0n) is 19.6. The number of amides is 1. The lowest BCUT2D eigenvalue weighted by Gasteiger charge is -2.27. The van der Waals surface area contributed by atoms with Gasteiger partial charge in [0.15, 0.2) is 0 Å². The van der Waals surface area contributed by atoms with Crippen LogP contribution in [0.4, 0.5) is 0 Å². The van der Waals surface area contributed by atoms with E-state index in [9.17, 15) is 9.90 Å². The van der Waals surface area contributed by atoms with Crippen molar-refractivity contribution in [3.05, 3.63) is 78.9 Å². The molecule has 1 saturated heterocycles. The van der Waals surface area contributed by atoms with Crippen molar-refractivity contribution in [3.63, 3.8) is 0 Å². The molecule has 1 aliphatic heterocycles. The van der Waals surface area contributed by atoms with Crippen LogP contribution in [0.25, 0.3) is 33.0 Å². The number of morpholine rings is 1. The van der Waals surface area contributed by atoms with Crippen molar-refractivity contribution in [1.29, 1.82) is 0 Å². The highest BCUT2D eigenvalue weighted by Gasteiger charge is 2.19. The minimum absolute atomic E-state index is 0.0406. The van der Waals surface area contributed by atoms with Gasteiger partial charge in [0, 0.05) is 54.4 Å². The van der Waals surface area contributed by atoms with Crippen LogP contribution in [-0.4, -0.2) is 57.4 Å². The summed E-state index contributed by atoms with van der Waals surface area (Å²) in [4.78, 5) is 19.3. The predicted molar refractivity (Wildman–Crippen MR) is 134 cm³/mol. The fourth-order valence-corrected chi connectivity index (χ4v) is 4.47. The van der Waals surface area contributed by atoms with Gasteiger partial charge in [0.1, 0.15) is 0 Å². The molecule has 0 spiro atoms. The van der Waals surface area contributed by atoms with Gasteiger partial charge in [0.25, 0.3) is 5.91 Å². The molecule has 1 aliphatic rings. The molecule has 1 amide bonds. The molecule has 1 N–H and O–H groups in total. The topological polar surface area (TPSA) is 67.6 Å². The fraction of sp³-hybridized carbons (Fsp3) is 0.286. The summed E-state index contributed by atoms with van der Waals surface area (Å²) in [7, 11) is 0. The lowest BCUT2D eigenvalue weighted by molar-refractivity contribution is 0.0303. The maximum absolute atomic E-state index is 13.0. The zero-order valence-corrected chi connectivity index (χ0v) is 19.6. The standard InChI is InChI=1S/C28H29N3O3/c1-28(2,33)19-30-10-9-24(18-30)20-3-5-21(6-4-20)26-17-29-16-23-8-7-22(15-25(23)26)27(32)31-11-13-34-14-12-31/h3-10,15-18,33H,11-14,19H2,1-2H3. The fourth-order valence-electron chi connectivity index (χ4n) is 4.47. The van der Waals surface area contributed by atoms with E-state index in [0.29, 0.717) is 38.4 Å². The smallest absolute Gasteiger partial charge is 0.254 e. The molecule has 0 bridgehead atoms. The average Bonchev–Trinajstić information content (AvgIpc) is 3.30. The first kappa shape index (κ1) is 22.3. The summed E-state index contributed by atoms with van der Waals surface area (Å²) in [5, 5.41) is 12.1. The van der Waals surface area contributed by atoms with E-state index < -0.39 is 5.60 Å². The number of carbonyl (C=O) groups is 1. The van der Waals surface area contributed by atoms with E-state index in [4.69, 9.17) is 4.74 Å². The summed E-state index contributed by atoms with van der Waals surface area (Å²) < 4.78 is 7.39. The zero-order chi connectivity index (χ0) is 23.7. The Bertz CT molecular complexity index is 1310. The molecule has 3 heterocycles. The number of hydrogen-bond donors (Lipinski definition) is 1. The molecule has 0 saturated carbocycles. The first-order valence-electron chi connectivity index (χ1n) is 11.6. The molecular formula is C28H29N3O3. The van der Waals surface area contributed by atoms with E-state index in [1.807, 2.05) is 46.3 Å². The number of hydrogen-bond acceptors (Lipinski definition) is 4. The van der Waals surface area contributed by atoms with Gasteiger partial charge in [-0.2, -0.15) is 0 Å². The first-order chi connectivity index (χ1) is 16.4. The highest BCUT2D eigenvalue weighted by molar-refractivity contribution is 6.03. The third-order valence-corrected chi connectivity index (χ3v) is 6.16. The van der Waals surface area contributed by atoms with E-state index in [2.05, 4.69) is 41.5 Å². The lowest BCUT2D eigenvalue weighted by atomic mass is 9.97. The third kappa shape index (κ3) is 4.74. The number of ether oxygens (including phenoxy) is 1. The first-order valence-corrected chi connectivity index (χ1v) is 11.6. The van der Waals surface area contributed by atoms with Crippen molar-refractivity contribution < 1.29 is 14.6 Å². The number of aliphatic hydroxyl groups is 1. The quantitative estimate of drug-likeness (QED) is 0.477. The van der Waals surface area contributed by atoms with E-state index in [0.717, 1.165) is 33.0 Å². The number of carbonyl (C=O) groups excluding carboxylic acids is 1. The maximum atomic E-state index is 13.0. The van der Waals surface area contributed by atoms with Crippen molar-refractivity contribution in [2.75, 3.05) is 26.3 Å². The molecule has 6 nitrogen and oxygen atoms in total. The van der Waals surface area contributed by atoms with Gasteiger partial charge >= 0.3 is 0 Å². The van der Waals surface area contributed by atoms with Crippen LogP contribution in [0.2, 0.25) is 0 Å².